The van der Waals surface area contributed by atoms with Crippen molar-refractivity contribution in [3.63, 3.8) is 0 Å². The predicted octanol–water partition coefficient (Wildman–Crippen LogP) is 4.60. The molecule has 13 heteroatoms. The Morgan fingerprint density at radius 2 is 1.95 bits per heavy atom. The first-order chi connectivity index (χ1) is 20.9. The third-order valence-corrected chi connectivity index (χ3v) is 9.67. The van der Waals surface area contributed by atoms with Crippen LogP contribution in [0.3, 0.4) is 0 Å². The van der Waals surface area contributed by atoms with Crippen molar-refractivity contribution in [3.05, 3.63) is 42.2 Å². The van der Waals surface area contributed by atoms with Crippen molar-refractivity contribution in [3.8, 4) is 0 Å². The van der Waals surface area contributed by atoms with Gasteiger partial charge in [-0.2, -0.15) is 4.98 Å². The molecule has 2 aliphatic heterocycles. The summed E-state index contributed by atoms with van der Waals surface area (Å²) in [6, 6.07) is 8.21. The van der Waals surface area contributed by atoms with Crippen molar-refractivity contribution in [1.29, 1.82) is 0 Å². The summed E-state index contributed by atoms with van der Waals surface area (Å²) in [6.45, 7) is 7.84. The third-order valence-electron chi connectivity index (χ3n) is 8.69. The molecule has 0 bridgehead atoms. The number of piperidine rings is 1. The standard InChI is InChI=1S/C31H43F2N7O3S/c1-20(2)23-6-7-26(40-18-22(21(40)3)10-15-44(5,41)42)25-17-36-29(16-24(23)25)37-28-8-11-35-30(38-28)39-13-9-27(31(32,33)19-39)43-14-12-34-4/h6-8,11,16-17,20-22,27,34H,9-10,12-15,18-19H2,1-5H3,(H,35,36,37,38)/t21-,22+,27+/m1/s1. The van der Waals surface area contributed by atoms with Crippen LogP contribution in [0.25, 0.3) is 10.8 Å². The highest BCUT2D eigenvalue weighted by molar-refractivity contribution is 7.90. The average Bonchev–Trinajstić information content (AvgIpc) is 2.96. The molecule has 0 amide bonds. The van der Waals surface area contributed by atoms with Gasteiger partial charge >= 0.3 is 0 Å². The number of nitrogens with one attached hydrogen (secondary N) is 2. The summed E-state index contributed by atoms with van der Waals surface area (Å²) < 4.78 is 58.6. The Labute approximate surface area is 258 Å². The van der Waals surface area contributed by atoms with Crippen LogP contribution >= 0.6 is 0 Å². The first-order valence-electron chi connectivity index (χ1n) is 15.2. The number of benzene rings is 1. The van der Waals surface area contributed by atoms with Gasteiger partial charge in [0.1, 0.15) is 27.6 Å². The first kappa shape index (κ1) is 32.2. The Morgan fingerprint density at radius 1 is 1.16 bits per heavy atom. The number of pyridine rings is 1. The number of hydrogen-bond acceptors (Lipinski definition) is 10. The van der Waals surface area contributed by atoms with Gasteiger partial charge in [0.25, 0.3) is 5.92 Å². The highest BCUT2D eigenvalue weighted by Gasteiger charge is 2.46. The normalized spacial score (nSPS) is 22.0. The number of hydrogen-bond donors (Lipinski definition) is 2. The van der Waals surface area contributed by atoms with Gasteiger partial charge < -0.3 is 25.2 Å². The lowest BCUT2D eigenvalue weighted by Gasteiger charge is -2.48. The van der Waals surface area contributed by atoms with Crippen molar-refractivity contribution in [2.45, 2.75) is 57.6 Å². The maximum Gasteiger partial charge on any atom is 0.290 e. The molecule has 3 atom stereocenters. The molecule has 3 aromatic rings. The van der Waals surface area contributed by atoms with E-state index in [1.807, 2.05) is 12.3 Å². The third kappa shape index (κ3) is 7.21. The minimum Gasteiger partial charge on any atom is -0.370 e. The molecule has 2 aliphatic rings. The van der Waals surface area contributed by atoms with Gasteiger partial charge in [0.05, 0.1) is 18.9 Å². The topological polar surface area (TPSA) is 113 Å². The van der Waals surface area contributed by atoms with Gasteiger partial charge in [0.2, 0.25) is 5.95 Å². The van der Waals surface area contributed by atoms with Crippen molar-refractivity contribution < 1.29 is 21.9 Å². The number of halogens is 2. The van der Waals surface area contributed by atoms with Crippen LogP contribution in [-0.4, -0.2) is 93.3 Å². The van der Waals surface area contributed by atoms with Crippen molar-refractivity contribution in [2.75, 3.05) is 67.0 Å². The average molecular weight is 632 g/mol. The van der Waals surface area contributed by atoms with Crippen molar-refractivity contribution in [2.24, 2.45) is 5.92 Å². The summed E-state index contributed by atoms with van der Waals surface area (Å²) >= 11 is 0. The molecule has 0 spiro atoms. The van der Waals surface area contributed by atoms with E-state index in [2.05, 4.69) is 58.4 Å². The van der Waals surface area contributed by atoms with Gasteiger partial charge in [-0.15, -0.1) is 0 Å². The number of ether oxygens (including phenoxy) is 1. The maximum absolute atomic E-state index is 14.9. The largest absolute Gasteiger partial charge is 0.370 e. The van der Waals surface area contributed by atoms with Gasteiger partial charge in [-0.25, -0.2) is 27.2 Å². The van der Waals surface area contributed by atoms with Crippen molar-refractivity contribution in [1.82, 2.24) is 20.3 Å². The predicted molar refractivity (Wildman–Crippen MR) is 171 cm³/mol. The van der Waals surface area contributed by atoms with E-state index in [0.717, 1.165) is 23.0 Å². The zero-order valence-corrected chi connectivity index (χ0v) is 26.9. The lowest BCUT2D eigenvalue weighted by Crippen LogP contribution is -2.55. The van der Waals surface area contributed by atoms with Crippen LogP contribution in [0, 0.1) is 5.92 Å². The molecule has 0 aliphatic carbocycles. The molecule has 2 saturated heterocycles. The zero-order chi connectivity index (χ0) is 31.6. The summed E-state index contributed by atoms with van der Waals surface area (Å²) in [5, 5.41) is 8.25. The molecule has 2 N–H and O–H groups in total. The molecule has 0 radical (unpaired) electrons. The van der Waals surface area contributed by atoms with Crippen LogP contribution in [0.4, 0.5) is 32.1 Å². The molecular formula is C31H43F2N7O3S. The van der Waals surface area contributed by atoms with E-state index < -0.39 is 28.4 Å². The van der Waals surface area contributed by atoms with Crippen LogP contribution in [0.1, 0.15) is 45.1 Å². The second-order valence-corrected chi connectivity index (χ2v) is 14.6. The molecule has 0 saturated carbocycles. The molecule has 10 nitrogen and oxygen atoms in total. The van der Waals surface area contributed by atoms with E-state index in [1.165, 1.54) is 16.7 Å². The summed E-state index contributed by atoms with van der Waals surface area (Å²) in [7, 11) is -1.23. The fraction of sp³-hybridized carbons (Fsp3) is 0.581. The molecule has 4 heterocycles. The Balaban J connectivity index is 1.33. The van der Waals surface area contributed by atoms with E-state index in [9.17, 15) is 17.2 Å². The molecule has 5 rings (SSSR count). The van der Waals surface area contributed by atoms with Crippen LogP contribution in [0.15, 0.2) is 36.7 Å². The van der Waals surface area contributed by atoms with Gasteiger partial charge in [-0.05, 0) is 67.8 Å². The summed E-state index contributed by atoms with van der Waals surface area (Å²) in [6.07, 6.45) is 4.41. The SMILES string of the molecule is CNCCO[C@H]1CCN(c2nccc(Nc3cc4c(C(C)C)ccc(N5C[C@H](CCS(C)(=O)=O)[C@H]5C)c4cn3)n2)CC1(F)F. The highest BCUT2D eigenvalue weighted by Crippen LogP contribution is 2.40. The van der Waals surface area contributed by atoms with Gasteiger partial charge in [-0.1, -0.05) is 19.9 Å². The summed E-state index contributed by atoms with van der Waals surface area (Å²) in [4.78, 5) is 17.3. The molecule has 0 unspecified atom stereocenters. The Hall–Kier alpha value is -3.16. The monoisotopic (exact) mass is 631 g/mol. The Kier molecular flexibility index (Phi) is 9.57. The van der Waals surface area contributed by atoms with E-state index in [0.29, 0.717) is 37.1 Å². The number of likely N-dealkylation sites (N-methyl/N-ethyl adjacent to an activating group) is 1. The number of anilines is 4. The lowest BCUT2D eigenvalue weighted by molar-refractivity contribution is -0.142. The van der Waals surface area contributed by atoms with Gasteiger partial charge in [-0.3, -0.25) is 0 Å². The lowest BCUT2D eigenvalue weighted by atomic mass is 9.85. The Bertz CT molecular complexity index is 1570. The number of alkyl halides is 2. The van der Waals surface area contributed by atoms with E-state index >= 15 is 0 Å². The minimum atomic E-state index is -3.02. The Morgan fingerprint density at radius 3 is 2.64 bits per heavy atom. The number of nitrogens with zero attached hydrogens (tertiary/aromatic N) is 5. The minimum absolute atomic E-state index is 0.179. The second kappa shape index (κ2) is 13.1. The van der Waals surface area contributed by atoms with E-state index in [1.54, 1.807) is 19.3 Å². The highest BCUT2D eigenvalue weighted by atomic mass is 32.2. The molecule has 44 heavy (non-hydrogen) atoms. The second-order valence-electron chi connectivity index (χ2n) is 12.3. The van der Waals surface area contributed by atoms with Crippen LogP contribution in [-0.2, 0) is 14.6 Å². The van der Waals surface area contributed by atoms with Crippen LogP contribution in [0.5, 0.6) is 0 Å². The number of sulfone groups is 1. The number of aromatic nitrogens is 3. The fourth-order valence-corrected chi connectivity index (χ4v) is 6.80. The summed E-state index contributed by atoms with van der Waals surface area (Å²) in [5.74, 6) is -0.943. The molecule has 1 aromatic carbocycles. The van der Waals surface area contributed by atoms with Gasteiger partial charge in [0, 0.05) is 55.4 Å². The molecular weight excluding hydrogens is 588 g/mol. The fourth-order valence-electron chi connectivity index (χ4n) is 6.07. The quantitative estimate of drug-likeness (QED) is 0.275. The smallest absolute Gasteiger partial charge is 0.290 e. The molecule has 2 aromatic heterocycles. The van der Waals surface area contributed by atoms with Crippen molar-refractivity contribution >= 4 is 43.9 Å². The maximum atomic E-state index is 14.9. The molecule has 2 fully saturated rings. The van der Waals surface area contributed by atoms with Crippen LogP contribution in [0.2, 0.25) is 0 Å². The van der Waals surface area contributed by atoms with E-state index in [4.69, 9.17) is 9.72 Å². The molecule has 240 valence electrons. The zero-order valence-electron chi connectivity index (χ0n) is 26.1. The number of rotatable bonds is 12. The summed E-state index contributed by atoms with van der Waals surface area (Å²) in [5.41, 5.74) is 2.26. The number of fused-ring (bicyclic) bond motifs is 1. The van der Waals surface area contributed by atoms with Gasteiger partial charge in [0.15, 0.2) is 0 Å². The first-order valence-corrected chi connectivity index (χ1v) is 17.3. The van der Waals surface area contributed by atoms with Crippen LogP contribution < -0.4 is 20.4 Å². The van der Waals surface area contributed by atoms with E-state index in [-0.39, 0.29) is 36.7 Å².